The van der Waals surface area contributed by atoms with Gasteiger partial charge >= 0.3 is 0 Å². The number of benzene rings is 1. The van der Waals surface area contributed by atoms with E-state index in [2.05, 4.69) is 25.5 Å². The Morgan fingerprint density at radius 3 is 2.50 bits per heavy atom. The first-order valence-corrected chi connectivity index (χ1v) is 10.5. The number of fused-ring (bicyclic) bond motifs is 1. The average molecular weight is 448 g/mol. The standard InChI is InChI=1S/C20H23Cl2N7O/c1-27(2)19(30)12-28-7-5-16(6-8-28)23-17-3-4-18-24-25-20(29(18)26-17)13-9-14(21)11-15(22)10-13/h3-4,9-11,16H,5-8,12H2,1-2H3,(H,23,26). The second-order valence-electron chi connectivity index (χ2n) is 7.65. The molecule has 3 aromatic rings. The van der Waals surface area contributed by atoms with Crippen molar-refractivity contribution < 1.29 is 4.79 Å². The van der Waals surface area contributed by atoms with Crippen molar-refractivity contribution in [3.8, 4) is 11.4 Å². The summed E-state index contributed by atoms with van der Waals surface area (Å²) in [5, 5.41) is 17.7. The van der Waals surface area contributed by atoms with Gasteiger partial charge in [-0.1, -0.05) is 23.2 Å². The fourth-order valence-electron chi connectivity index (χ4n) is 3.51. The van der Waals surface area contributed by atoms with Gasteiger partial charge in [-0.3, -0.25) is 9.69 Å². The molecule has 0 unspecified atom stereocenters. The van der Waals surface area contributed by atoms with E-state index in [9.17, 15) is 4.79 Å². The number of piperidine rings is 1. The zero-order chi connectivity index (χ0) is 21.3. The Morgan fingerprint density at radius 1 is 1.13 bits per heavy atom. The molecule has 0 radical (unpaired) electrons. The molecule has 0 saturated carbocycles. The van der Waals surface area contributed by atoms with Crippen LogP contribution in [0.3, 0.4) is 0 Å². The van der Waals surface area contributed by atoms with Crippen LogP contribution in [0.25, 0.3) is 17.0 Å². The lowest BCUT2D eigenvalue weighted by Crippen LogP contribution is -2.44. The van der Waals surface area contributed by atoms with Gasteiger partial charge in [0.2, 0.25) is 5.91 Å². The molecule has 1 fully saturated rings. The number of hydrogen-bond donors (Lipinski definition) is 1. The van der Waals surface area contributed by atoms with Crippen molar-refractivity contribution >= 4 is 40.6 Å². The first-order chi connectivity index (χ1) is 14.4. The summed E-state index contributed by atoms with van der Waals surface area (Å²) in [6.45, 7) is 2.22. The summed E-state index contributed by atoms with van der Waals surface area (Å²) >= 11 is 12.3. The van der Waals surface area contributed by atoms with Gasteiger partial charge in [0.05, 0.1) is 6.54 Å². The Labute approximate surface area is 184 Å². The zero-order valence-electron chi connectivity index (χ0n) is 16.8. The molecule has 4 rings (SSSR count). The van der Waals surface area contributed by atoms with Gasteiger partial charge in [0, 0.05) is 48.8 Å². The lowest BCUT2D eigenvalue weighted by molar-refractivity contribution is -0.130. The summed E-state index contributed by atoms with van der Waals surface area (Å²) in [6.07, 6.45) is 1.89. The van der Waals surface area contributed by atoms with Crippen LogP contribution in [0.5, 0.6) is 0 Å². The minimum Gasteiger partial charge on any atom is -0.366 e. The van der Waals surface area contributed by atoms with Crippen LogP contribution in [0.1, 0.15) is 12.8 Å². The molecule has 158 valence electrons. The first kappa shape index (κ1) is 20.8. The molecule has 8 nitrogen and oxygen atoms in total. The molecule has 0 bridgehead atoms. The van der Waals surface area contributed by atoms with E-state index >= 15 is 0 Å². The predicted octanol–water partition coefficient (Wildman–Crippen LogP) is 3.06. The number of rotatable bonds is 5. The van der Waals surface area contributed by atoms with Crippen LogP contribution in [-0.2, 0) is 4.79 Å². The molecule has 0 spiro atoms. The van der Waals surface area contributed by atoms with E-state index in [-0.39, 0.29) is 5.91 Å². The molecular formula is C20H23Cl2N7O. The molecule has 1 aliphatic rings. The number of likely N-dealkylation sites (N-methyl/N-ethyl adjacent to an activating group) is 1. The lowest BCUT2D eigenvalue weighted by Gasteiger charge is -2.32. The van der Waals surface area contributed by atoms with Gasteiger partial charge in [-0.05, 0) is 43.2 Å². The maximum Gasteiger partial charge on any atom is 0.236 e. The molecule has 0 atom stereocenters. The summed E-state index contributed by atoms with van der Waals surface area (Å²) in [5.41, 5.74) is 1.40. The summed E-state index contributed by atoms with van der Waals surface area (Å²) in [4.78, 5) is 15.7. The van der Waals surface area contributed by atoms with Crippen LogP contribution in [0.15, 0.2) is 30.3 Å². The molecule has 1 aromatic carbocycles. The number of nitrogens with zero attached hydrogens (tertiary/aromatic N) is 6. The third-order valence-corrected chi connectivity index (χ3v) is 5.62. The number of anilines is 1. The van der Waals surface area contributed by atoms with Gasteiger partial charge in [-0.25, -0.2) is 0 Å². The lowest BCUT2D eigenvalue weighted by atomic mass is 10.1. The van der Waals surface area contributed by atoms with Gasteiger partial charge in [0.1, 0.15) is 5.82 Å². The van der Waals surface area contributed by atoms with Crippen LogP contribution in [-0.4, -0.2) is 75.3 Å². The van der Waals surface area contributed by atoms with E-state index < -0.39 is 0 Å². The van der Waals surface area contributed by atoms with Gasteiger partial charge in [-0.15, -0.1) is 15.3 Å². The minimum atomic E-state index is 0.134. The Kier molecular flexibility index (Phi) is 6.08. The monoisotopic (exact) mass is 447 g/mol. The normalized spacial score (nSPS) is 15.5. The van der Waals surface area contributed by atoms with Gasteiger partial charge in [0.25, 0.3) is 0 Å². The number of likely N-dealkylation sites (tertiary alicyclic amines) is 1. The van der Waals surface area contributed by atoms with Crippen LogP contribution >= 0.6 is 23.2 Å². The molecule has 2 aromatic heterocycles. The molecule has 0 aliphatic carbocycles. The Morgan fingerprint density at radius 2 is 1.83 bits per heavy atom. The Balaban J connectivity index is 1.46. The van der Waals surface area contributed by atoms with E-state index in [1.54, 1.807) is 41.7 Å². The number of amides is 1. The third-order valence-electron chi connectivity index (χ3n) is 5.18. The number of nitrogens with one attached hydrogen (secondary N) is 1. The molecule has 1 aliphatic heterocycles. The van der Waals surface area contributed by atoms with Gasteiger partial charge < -0.3 is 10.2 Å². The Bertz CT molecular complexity index is 1040. The third kappa shape index (κ3) is 4.66. The molecule has 1 N–H and O–H groups in total. The fourth-order valence-corrected chi connectivity index (χ4v) is 4.03. The number of aromatic nitrogens is 4. The van der Waals surface area contributed by atoms with Crippen molar-refractivity contribution in [1.82, 2.24) is 29.6 Å². The molecule has 30 heavy (non-hydrogen) atoms. The summed E-state index contributed by atoms with van der Waals surface area (Å²) in [5.74, 6) is 1.46. The maximum absolute atomic E-state index is 11.9. The number of carbonyl (C=O) groups is 1. The van der Waals surface area contributed by atoms with E-state index in [1.165, 1.54) is 0 Å². The van der Waals surface area contributed by atoms with Crippen molar-refractivity contribution in [2.24, 2.45) is 0 Å². The molecule has 3 heterocycles. The second kappa shape index (κ2) is 8.75. The van der Waals surface area contributed by atoms with Crippen LogP contribution in [0, 0.1) is 0 Å². The largest absolute Gasteiger partial charge is 0.366 e. The highest BCUT2D eigenvalue weighted by Crippen LogP contribution is 2.26. The summed E-state index contributed by atoms with van der Waals surface area (Å²) < 4.78 is 1.69. The van der Waals surface area contributed by atoms with Crippen molar-refractivity contribution in [3.63, 3.8) is 0 Å². The van der Waals surface area contributed by atoms with Crippen LogP contribution < -0.4 is 5.32 Å². The zero-order valence-corrected chi connectivity index (χ0v) is 18.4. The van der Waals surface area contributed by atoms with E-state index in [4.69, 9.17) is 23.2 Å². The summed E-state index contributed by atoms with van der Waals surface area (Å²) in [7, 11) is 3.57. The van der Waals surface area contributed by atoms with Gasteiger partial charge in [0.15, 0.2) is 11.5 Å². The molecule has 1 amide bonds. The fraction of sp³-hybridized carbons (Fsp3) is 0.400. The highest BCUT2D eigenvalue weighted by molar-refractivity contribution is 6.35. The highest BCUT2D eigenvalue weighted by Gasteiger charge is 2.22. The molecule has 10 heteroatoms. The topological polar surface area (TPSA) is 78.7 Å². The number of carbonyl (C=O) groups excluding carboxylic acids is 1. The molecular weight excluding hydrogens is 425 g/mol. The first-order valence-electron chi connectivity index (χ1n) is 9.77. The van der Waals surface area contributed by atoms with Crippen LogP contribution in [0.2, 0.25) is 10.0 Å². The Hall–Kier alpha value is -2.42. The SMILES string of the molecule is CN(C)C(=O)CN1CCC(Nc2ccc3nnc(-c4cc(Cl)cc(Cl)c4)n3n2)CC1. The average Bonchev–Trinajstić information content (AvgIpc) is 3.12. The van der Waals surface area contributed by atoms with Crippen molar-refractivity contribution in [2.45, 2.75) is 18.9 Å². The second-order valence-corrected chi connectivity index (χ2v) is 8.53. The smallest absolute Gasteiger partial charge is 0.236 e. The highest BCUT2D eigenvalue weighted by atomic mass is 35.5. The minimum absolute atomic E-state index is 0.134. The number of halogens is 2. The van der Waals surface area contributed by atoms with E-state index in [0.717, 1.165) is 37.3 Å². The van der Waals surface area contributed by atoms with E-state index in [1.807, 2.05) is 12.1 Å². The van der Waals surface area contributed by atoms with Crippen molar-refractivity contribution in [3.05, 3.63) is 40.4 Å². The quantitative estimate of drug-likeness (QED) is 0.647. The predicted molar refractivity (Wildman–Crippen MR) is 118 cm³/mol. The van der Waals surface area contributed by atoms with Crippen LogP contribution in [0.4, 0.5) is 5.82 Å². The number of hydrogen-bond acceptors (Lipinski definition) is 6. The molecule has 1 saturated heterocycles. The van der Waals surface area contributed by atoms with Crippen molar-refractivity contribution in [1.29, 1.82) is 0 Å². The van der Waals surface area contributed by atoms with E-state index in [0.29, 0.717) is 34.1 Å². The van der Waals surface area contributed by atoms with Crippen molar-refractivity contribution in [2.75, 3.05) is 39.0 Å². The maximum atomic E-state index is 11.9. The summed E-state index contributed by atoms with van der Waals surface area (Å²) in [6, 6.07) is 9.33. The van der Waals surface area contributed by atoms with Gasteiger partial charge in [-0.2, -0.15) is 4.52 Å².